The summed E-state index contributed by atoms with van der Waals surface area (Å²) >= 11 is 1.69. The van der Waals surface area contributed by atoms with Crippen molar-refractivity contribution in [1.29, 1.82) is 0 Å². The molecule has 0 rings (SSSR count). The molecule has 0 fully saturated rings. The van der Waals surface area contributed by atoms with Crippen LogP contribution in [-0.4, -0.2) is 43.8 Å². The first-order valence-corrected chi connectivity index (χ1v) is 6.35. The first-order chi connectivity index (χ1) is 7.99. The van der Waals surface area contributed by atoms with E-state index in [4.69, 9.17) is 0 Å². The Morgan fingerprint density at radius 3 is 2.44 bits per heavy atom. The van der Waals surface area contributed by atoms with Gasteiger partial charge in [0.05, 0.1) is 6.42 Å². The minimum atomic E-state index is -4.13. The topological polar surface area (TPSA) is 36.4 Å². The van der Waals surface area contributed by atoms with Gasteiger partial charge in [-0.25, -0.2) is 0 Å². The molecule has 108 valence electrons. The number of guanidine groups is 1. The lowest BCUT2D eigenvalue weighted by Gasteiger charge is -2.12. The lowest BCUT2D eigenvalue weighted by Crippen LogP contribution is -2.39. The van der Waals surface area contributed by atoms with Crippen LogP contribution in [0.1, 0.15) is 6.42 Å². The van der Waals surface area contributed by atoms with Crippen LogP contribution in [0.5, 0.6) is 0 Å². The molecule has 3 nitrogen and oxygen atoms in total. The monoisotopic (exact) mass is 397 g/mol. The third kappa shape index (κ3) is 13.9. The van der Waals surface area contributed by atoms with E-state index in [1.54, 1.807) is 17.8 Å². The number of rotatable bonds is 7. The van der Waals surface area contributed by atoms with Gasteiger partial charge in [0.15, 0.2) is 5.96 Å². The Kier molecular flexibility index (Phi) is 13.4. The first kappa shape index (κ1) is 20.2. The number of thioether (sulfide) groups is 1. The van der Waals surface area contributed by atoms with Crippen LogP contribution in [0.4, 0.5) is 13.2 Å². The predicted octanol–water partition coefficient (Wildman–Crippen LogP) is 2.64. The first-order valence-electron chi connectivity index (χ1n) is 5.19. The van der Waals surface area contributed by atoms with Gasteiger partial charge in [-0.3, -0.25) is 4.99 Å². The lowest BCUT2D eigenvalue weighted by molar-refractivity contribution is -0.132. The smallest absolute Gasteiger partial charge is 0.356 e. The largest absolute Gasteiger partial charge is 0.390 e. The van der Waals surface area contributed by atoms with Gasteiger partial charge >= 0.3 is 6.18 Å². The summed E-state index contributed by atoms with van der Waals surface area (Å²) in [5.74, 6) is 2.11. The van der Waals surface area contributed by atoms with Gasteiger partial charge in [0.2, 0.25) is 0 Å². The van der Waals surface area contributed by atoms with Crippen molar-refractivity contribution < 1.29 is 13.2 Å². The molecule has 18 heavy (non-hydrogen) atoms. The van der Waals surface area contributed by atoms with E-state index in [1.807, 2.05) is 0 Å². The van der Waals surface area contributed by atoms with Gasteiger partial charge in [-0.1, -0.05) is 6.08 Å². The fourth-order valence-electron chi connectivity index (χ4n) is 0.952. The molecule has 0 saturated carbocycles. The summed E-state index contributed by atoms with van der Waals surface area (Å²) < 4.78 is 35.7. The summed E-state index contributed by atoms with van der Waals surface area (Å²) in [7, 11) is 1.53. The minimum absolute atomic E-state index is 0. The van der Waals surface area contributed by atoms with E-state index in [0.29, 0.717) is 12.5 Å². The highest BCUT2D eigenvalue weighted by molar-refractivity contribution is 14.0. The molecule has 0 heterocycles. The van der Waals surface area contributed by atoms with Gasteiger partial charge in [0.25, 0.3) is 0 Å². The molecule has 0 aromatic heterocycles. The molecule has 8 heteroatoms. The molecule has 0 aliphatic heterocycles. The van der Waals surface area contributed by atoms with Crippen molar-refractivity contribution in [3.05, 3.63) is 12.7 Å². The Morgan fingerprint density at radius 1 is 1.33 bits per heavy atom. The van der Waals surface area contributed by atoms with Crippen molar-refractivity contribution in [1.82, 2.24) is 10.6 Å². The Balaban J connectivity index is 0. The van der Waals surface area contributed by atoms with Crippen molar-refractivity contribution in [2.45, 2.75) is 12.6 Å². The van der Waals surface area contributed by atoms with Crippen LogP contribution < -0.4 is 10.6 Å². The number of alkyl halides is 3. The normalized spacial score (nSPS) is 11.7. The molecule has 0 saturated heterocycles. The number of nitrogens with zero attached hydrogens (tertiary/aromatic N) is 1. The molecule has 2 N–H and O–H groups in total. The summed E-state index contributed by atoms with van der Waals surface area (Å²) in [5, 5.41) is 5.54. The van der Waals surface area contributed by atoms with Gasteiger partial charge in [0.1, 0.15) is 0 Å². The molecule has 0 unspecified atom stereocenters. The van der Waals surface area contributed by atoms with Gasteiger partial charge in [-0.05, 0) is 0 Å². The highest BCUT2D eigenvalue weighted by Crippen LogP contribution is 2.17. The van der Waals surface area contributed by atoms with Crippen LogP contribution in [0.2, 0.25) is 0 Å². The lowest BCUT2D eigenvalue weighted by atomic mass is 10.4. The highest BCUT2D eigenvalue weighted by Gasteiger charge is 2.26. The van der Waals surface area contributed by atoms with Gasteiger partial charge in [-0.15, -0.1) is 30.6 Å². The second-order valence-corrected chi connectivity index (χ2v) is 4.30. The van der Waals surface area contributed by atoms with Crippen LogP contribution in [0, 0.1) is 0 Å². The summed E-state index contributed by atoms with van der Waals surface area (Å²) in [6.45, 7) is 4.08. The zero-order valence-corrected chi connectivity index (χ0v) is 13.4. The molecular formula is C10H19F3IN3S. The molecular weight excluding hydrogens is 378 g/mol. The van der Waals surface area contributed by atoms with Gasteiger partial charge in [-0.2, -0.15) is 24.9 Å². The molecule has 0 aliphatic rings. The molecule has 0 aromatic carbocycles. The van der Waals surface area contributed by atoms with Crippen LogP contribution in [0.3, 0.4) is 0 Å². The van der Waals surface area contributed by atoms with E-state index < -0.39 is 12.6 Å². The van der Waals surface area contributed by atoms with Crippen LogP contribution in [0.25, 0.3) is 0 Å². The third-order valence-corrected chi connectivity index (χ3v) is 2.66. The van der Waals surface area contributed by atoms with E-state index in [9.17, 15) is 13.2 Å². The fraction of sp³-hybridized carbons (Fsp3) is 0.700. The maximum absolute atomic E-state index is 11.9. The van der Waals surface area contributed by atoms with E-state index in [-0.39, 0.29) is 30.5 Å². The molecule has 0 amide bonds. The summed E-state index contributed by atoms with van der Waals surface area (Å²) in [4.78, 5) is 3.82. The van der Waals surface area contributed by atoms with Crippen molar-refractivity contribution in [2.75, 3.05) is 31.6 Å². The van der Waals surface area contributed by atoms with E-state index in [1.165, 1.54) is 7.05 Å². The summed E-state index contributed by atoms with van der Waals surface area (Å²) in [6, 6.07) is 0. The number of hydrogen-bond donors (Lipinski definition) is 2. The average Bonchev–Trinajstić information content (AvgIpc) is 2.25. The predicted molar refractivity (Wildman–Crippen MR) is 83.0 cm³/mol. The number of halogens is 4. The Bertz CT molecular complexity index is 247. The molecule has 0 aromatic rings. The number of aliphatic imine (C=N–C) groups is 1. The van der Waals surface area contributed by atoms with Crippen molar-refractivity contribution >= 4 is 41.7 Å². The highest BCUT2D eigenvalue weighted by atomic mass is 127. The Labute approximate surface area is 127 Å². The van der Waals surface area contributed by atoms with Crippen LogP contribution in [-0.2, 0) is 0 Å². The Morgan fingerprint density at radius 2 is 1.94 bits per heavy atom. The van der Waals surface area contributed by atoms with Crippen molar-refractivity contribution in [2.24, 2.45) is 4.99 Å². The van der Waals surface area contributed by atoms with Crippen LogP contribution >= 0.6 is 35.7 Å². The molecule has 0 atom stereocenters. The number of hydrogen-bond acceptors (Lipinski definition) is 2. The minimum Gasteiger partial charge on any atom is -0.356 e. The van der Waals surface area contributed by atoms with Crippen molar-refractivity contribution in [3.8, 4) is 0 Å². The molecule has 0 bridgehead atoms. The molecule has 0 aliphatic carbocycles. The van der Waals surface area contributed by atoms with Crippen molar-refractivity contribution in [3.63, 3.8) is 0 Å². The molecule has 0 spiro atoms. The summed E-state index contributed by atoms with van der Waals surface area (Å²) in [6.07, 6.45) is -3.19. The summed E-state index contributed by atoms with van der Waals surface area (Å²) in [5.41, 5.74) is 0. The standard InChI is InChI=1S/C10H18F3N3S.HI/c1-3-7-17-8-6-16-9(14-2)15-5-4-10(11,12)13;/h3H,1,4-8H2,2H3,(H2,14,15,16);1H. The second-order valence-electron chi connectivity index (χ2n) is 3.15. The second kappa shape index (κ2) is 11.9. The average molecular weight is 397 g/mol. The zero-order chi connectivity index (χ0) is 13.1. The van der Waals surface area contributed by atoms with E-state index >= 15 is 0 Å². The van der Waals surface area contributed by atoms with E-state index in [2.05, 4.69) is 22.2 Å². The van der Waals surface area contributed by atoms with E-state index in [0.717, 1.165) is 11.5 Å². The van der Waals surface area contributed by atoms with Gasteiger partial charge in [0, 0.05) is 31.6 Å². The number of nitrogens with one attached hydrogen (secondary N) is 2. The Hall–Kier alpha value is -0.120. The zero-order valence-electron chi connectivity index (χ0n) is 10.2. The maximum atomic E-state index is 11.9. The molecule has 0 radical (unpaired) electrons. The quantitative estimate of drug-likeness (QED) is 0.228. The maximum Gasteiger partial charge on any atom is 0.390 e. The van der Waals surface area contributed by atoms with Gasteiger partial charge < -0.3 is 10.6 Å². The van der Waals surface area contributed by atoms with Crippen LogP contribution in [0.15, 0.2) is 17.6 Å². The SMILES string of the molecule is C=CCSCCNC(=NC)NCCC(F)(F)F.I. The fourth-order valence-corrected chi connectivity index (χ4v) is 1.53. The third-order valence-electron chi connectivity index (χ3n) is 1.70.